The van der Waals surface area contributed by atoms with E-state index in [1.807, 2.05) is 0 Å². The average Bonchev–Trinajstić information content (AvgIpc) is 2.93. The monoisotopic (exact) mass is 213 g/mol. The van der Waals surface area contributed by atoms with Gasteiger partial charge in [-0.1, -0.05) is 0 Å². The van der Waals surface area contributed by atoms with Gasteiger partial charge in [0.15, 0.2) is 0 Å². The summed E-state index contributed by atoms with van der Waals surface area (Å²) in [5, 5.41) is 8.36. The molecule has 3 nitrogen and oxygen atoms in total. The van der Waals surface area contributed by atoms with Crippen molar-refractivity contribution in [3.05, 3.63) is 0 Å². The van der Waals surface area contributed by atoms with Crippen LogP contribution in [0.15, 0.2) is 0 Å². The Labute approximate surface area is 88.8 Å². The van der Waals surface area contributed by atoms with E-state index in [-0.39, 0.29) is 11.4 Å². The molecule has 0 amide bonds. The van der Waals surface area contributed by atoms with Gasteiger partial charge in [0.05, 0.1) is 19.6 Å². The minimum absolute atomic E-state index is 0.108. The van der Waals surface area contributed by atoms with Crippen molar-refractivity contribution in [2.45, 2.75) is 25.7 Å². The molecule has 1 rings (SSSR count). The SMILES string of the molecule is COC(=O)CC1(CSCCC#N)CC1. The van der Waals surface area contributed by atoms with Gasteiger partial charge in [0, 0.05) is 12.2 Å². The summed E-state index contributed by atoms with van der Waals surface area (Å²) >= 11 is 1.77. The van der Waals surface area contributed by atoms with Crippen molar-refractivity contribution in [3.63, 3.8) is 0 Å². The first kappa shape index (κ1) is 11.4. The number of nitriles is 1. The number of carbonyl (C=O) groups is 1. The molecule has 0 unspecified atom stereocenters. The van der Waals surface area contributed by atoms with Crippen LogP contribution in [0.1, 0.15) is 25.7 Å². The second-order valence-corrected chi connectivity index (χ2v) is 4.82. The van der Waals surface area contributed by atoms with Crippen molar-refractivity contribution >= 4 is 17.7 Å². The number of carbonyl (C=O) groups excluding carboxylic acids is 1. The third kappa shape index (κ3) is 3.59. The van der Waals surface area contributed by atoms with Crippen molar-refractivity contribution in [1.82, 2.24) is 0 Å². The van der Waals surface area contributed by atoms with Gasteiger partial charge >= 0.3 is 5.97 Å². The Morgan fingerprint density at radius 1 is 1.64 bits per heavy atom. The van der Waals surface area contributed by atoms with Crippen molar-refractivity contribution in [2.24, 2.45) is 5.41 Å². The number of ether oxygens (including phenoxy) is 1. The van der Waals surface area contributed by atoms with Gasteiger partial charge in [0.25, 0.3) is 0 Å². The van der Waals surface area contributed by atoms with E-state index in [1.54, 1.807) is 11.8 Å². The van der Waals surface area contributed by atoms with Crippen molar-refractivity contribution in [3.8, 4) is 6.07 Å². The van der Waals surface area contributed by atoms with E-state index in [9.17, 15) is 4.79 Å². The Morgan fingerprint density at radius 2 is 2.36 bits per heavy atom. The van der Waals surface area contributed by atoms with Crippen LogP contribution in [-0.2, 0) is 9.53 Å². The molecule has 0 saturated heterocycles. The first-order valence-electron chi connectivity index (χ1n) is 4.74. The number of nitrogens with zero attached hydrogens (tertiary/aromatic N) is 1. The average molecular weight is 213 g/mol. The zero-order chi connectivity index (χ0) is 10.4. The molecule has 0 aromatic heterocycles. The Morgan fingerprint density at radius 3 is 2.86 bits per heavy atom. The Kier molecular flexibility index (Phi) is 4.27. The summed E-state index contributed by atoms with van der Waals surface area (Å²) in [7, 11) is 1.43. The van der Waals surface area contributed by atoms with E-state index in [2.05, 4.69) is 10.8 Å². The number of hydrogen-bond acceptors (Lipinski definition) is 4. The topological polar surface area (TPSA) is 50.1 Å². The molecule has 1 aliphatic rings. The van der Waals surface area contributed by atoms with Gasteiger partial charge in [-0.3, -0.25) is 4.79 Å². The highest BCUT2D eigenvalue weighted by Crippen LogP contribution is 2.51. The van der Waals surface area contributed by atoms with Crippen LogP contribution < -0.4 is 0 Å². The molecule has 14 heavy (non-hydrogen) atoms. The molecule has 4 heteroatoms. The molecule has 0 bridgehead atoms. The molecule has 1 fully saturated rings. The summed E-state index contributed by atoms with van der Waals surface area (Å²) in [5.74, 6) is 1.76. The third-order valence-corrected chi connectivity index (χ3v) is 3.78. The Bertz CT molecular complexity index is 243. The highest BCUT2D eigenvalue weighted by atomic mass is 32.2. The smallest absolute Gasteiger partial charge is 0.306 e. The highest BCUT2D eigenvalue weighted by Gasteiger charge is 2.44. The van der Waals surface area contributed by atoms with Gasteiger partial charge in [-0.05, 0) is 24.0 Å². The Hall–Kier alpha value is -0.690. The molecule has 0 heterocycles. The van der Waals surface area contributed by atoms with Crippen molar-refractivity contribution < 1.29 is 9.53 Å². The van der Waals surface area contributed by atoms with Crippen LogP contribution in [0, 0.1) is 16.7 Å². The maximum absolute atomic E-state index is 11.1. The van der Waals surface area contributed by atoms with Crippen molar-refractivity contribution in [2.75, 3.05) is 18.6 Å². The largest absolute Gasteiger partial charge is 0.469 e. The molecule has 0 N–H and O–H groups in total. The van der Waals surface area contributed by atoms with E-state index in [0.717, 1.165) is 24.3 Å². The van der Waals surface area contributed by atoms with E-state index in [1.165, 1.54) is 7.11 Å². The van der Waals surface area contributed by atoms with Gasteiger partial charge in [0.1, 0.15) is 0 Å². The van der Waals surface area contributed by atoms with E-state index < -0.39 is 0 Å². The van der Waals surface area contributed by atoms with E-state index >= 15 is 0 Å². The maximum Gasteiger partial charge on any atom is 0.306 e. The van der Waals surface area contributed by atoms with Gasteiger partial charge in [-0.25, -0.2) is 0 Å². The van der Waals surface area contributed by atoms with E-state index in [0.29, 0.717) is 12.8 Å². The second-order valence-electron chi connectivity index (χ2n) is 3.71. The first-order valence-corrected chi connectivity index (χ1v) is 5.89. The van der Waals surface area contributed by atoms with Crippen LogP contribution in [0.3, 0.4) is 0 Å². The summed E-state index contributed by atoms with van der Waals surface area (Å²) < 4.78 is 4.65. The summed E-state index contributed by atoms with van der Waals surface area (Å²) in [6, 6.07) is 2.11. The molecule has 0 aromatic carbocycles. The van der Waals surface area contributed by atoms with Gasteiger partial charge in [-0.2, -0.15) is 17.0 Å². The van der Waals surface area contributed by atoms with Crippen LogP contribution in [0.5, 0.6) is 0 Å². The fourth-order valence-corrected chi connectivity index (χ4v) is 2.54. The van der Waals surface area contributed by atoms with E-state index in [4.69, 9.17) is 5.26 Å². The standard InChI is InChI=1S/C10H15NO2S/c1-13-9(12)7-10(3-4-10)8-14-6-2-5-11/h2-4,6-8H2,1H3. The second kappa shape index (κ2) is 5.26. The number of esters is 1. The quantitative estimate of drug-likeness (QED) is 0.500. The summed E-state index contributed by atoms with van der Waals surface area (Å²) in [6.45, 7) is 0. The first-order chi connectivity index (χ1) is 6.72. The maximum atomic E-state index is 11.1. The molecule has 0 spiro atoms. The Balaban J connectivity index is 2.16. The summed E-state index contributed by atoms with van der Waals surface area (Å²) in [4.78, 5) is 11.1. The molecule has 78 valence electrons. The van der Waals surface area contributed by atoms with Crippen LogP contribution in [0.2, 0.25) is 0 Å². The van der Waals surface area contributed by atoms with Crippen molar-refractivity contribution in [1.29, 1.82) is 5.26 Å². The molecule has 1 saturated carbocycles. The predicted octanol–water partition coefficient (Wildman–Crippen LogP) is 1.98. The molecule has 1 aliphatic carbocycles. The summed E-state index contributed by atoms with van der Waals surface area (Å²) in [6.07, 6.45) is 3.39. The van der Waals surface area contributed by atoms with Crippen LogP contribution in [-0.4, -0.2) is 24.6 Å². The highest BCUT2D eigenvalue weighted by molar-refractivity contribution is 7.99. The summed E-state index contributed by atoms with van der Waals surface area (Å²) in [5.41, 5.74) is 0.202. The molecule has 0 aliphatic heterocycles. The number of hydrogen-bond donors (Lipinski definition) is 0. The number of thioether (sulfide) groups is 1. The molecular weight excluding hydrogens is 198 g/mol. The normalized spacial score (nSPS) is 17.1. The molecule has 0 atom stereocenters. The lowest BCUT2D eigenvalue weighted by molar-refractivity contribution is -0.141. The van der Waals surface area contributed by atoms with Crippen LogP contribution in [0.25, 0.3) is 0 Å². The zero-order valence-electron chi connectivity index (χ0n) is 8.41. The number of methoxy groups -OCH3 is 1. The fourth-order valence-electron chi connectivity index (χ4n) is 1.33. The molecular formula is C10H15NO2S. The number of rotatable bonds is 6. The third-order valence-electron chi connectivity index (χ3n) is 2.47. The van der Waals surface area contributed by atoms with Crippen LogP contribution >= 0.6 is 11.8 Å². The molecule has 0 radical (unpaired) electrons. The van der Waals surface area contributed by atoms with Crippen LogP contribution in [0.4, 0.5) is 0 Å². The fraction of sp³-hybridized carbons (Fsp3) is 0.800. The lowest BCUT2D eigenvalue weighted by Crippen LogP contribution is -2.13. The zero-order valence-corrected chi connectivity index (χ0v) is 9.23. The van der Waals surface area contributed by atoms with Gasteiger partial charge in [0.2, 0.25) is 0 Å². The lowest BCUT2D eigenvalue weighted by atomic mass is 10.1. The van der Waals surface area contributed by atoms with Gasteiger partial charge in [-0.15, -0.1) is 0 Å². The lowest BCUT2D eigenvalue weighted by Gasteiger charge is -2.11. The van der Waals surface area contributed by atoms with Gasteiger partial charge < -0.3 is 4.74 Å². The minimum atomic E-state index is -0.108. The minimum Gasteiger partial charge on any atom is -0.469 e. The predicted molar refractivity (Wildman–Crippen MR) is 55.9 cm³/mol. The molecule has 0 aromatic rings.